The molecule has 0 aromatic carbocycles. The Labute approximate surface area is 128 Å². The normalized spacial score (nSPS) is 27.8. The summed E-state index contributed by atoms with van der Waals surface area (Å²) in [6, 6.07) is 0. The fourth-order valence-corrected chi connectivity index (χ4v) is 2.39. The van der Waals surface area contributed by atoms with E-state index in [4.69, 9.17) is 20.9 Å². The molecule has 1 aliphatic heterocycles. The van der Waals surface area contributed by atoms with E-state index in [0.29, 0.717) is 0 Å². The molecule has 5 N–H and O–H groups in total. The summed E-state index contributed by atoms with van der Waals surface area (Å²) in [4.78, 5) is 42.4. The van der Waals surface area contributed by atoms with Gasteiger partial charge in [0, 0.05) is 6.20 Å². The van der Waals surface area contributed by atoms with Crippen molar-refractivity contribution in [3.05, 3.63) is 32.6 Å². The molecule has 23 heavy (non-hydrogen) atoms. The number of H-pyrrole nitrogens is 1. The van der Waals surface area contributed by atoms with Gasteiger partial charge in [0.2, 0.25) is 0 Å². The predicted octanol–water partition coefficient (Wildman–Crippen LogP) is -2.75. The lowest BCUT2D eigenvalue weighted by atomic mass is 10.1. The predicted molar refractivity (Wildman–Crippen MR) is 73.2 cm³/mol. The fourth-order valence-electron chi connectivity index (χ4n) is 2.04. The summed E-state index contributed by atoms with van der Waals surface area (Å²) in [5.74, 6) is 2.04. The summed E-state index contributed by atoms with van der Waals surface area (Å²) < 4.78 is 20.8. The van der Waals surface area contributed by atoms with Crippen LogP contribution in [0, 0.1) is 12.3 Å². The van der Waals surface area contributed by atoms with Crippen molar-refractivity contribution in [2.75, 3.05) is 6.61 Å². The molecule has 0 saturated carbocycles. The third-order valence-corrected chi connectivity index (χ3v) is 3.63. The van der Waals surface area contributed by atoms with Gasteiger partial charge >= 0.3 is 13.5 Å². The molecule has 0 radical (unpaired) electrons. The van der Waals surface area contributed by atoms with Crippen molar-refractivity contribution >= 4 is 7.82 Å². The number of terminal acetylenes is 1. The van der Waals surface area contributed by atoms with Crippen LogP contribution in [0.5, 0.6) is 0 Å². The Balaban J connectivity index is 2.28. The Bertz CT molecular complexity index is 788. The number of aliphatic hydroxyl groups excluding tert-OH is 2. The number of aliphatic hydroxyl groups is 2. The Morgan fingerprint density at radius 3 is 2.61 bits per heavy atom. The topological polar surface area (TPSA) is 171 Å². The van der Waals surface area contributed by atoms with Crippen LogP contribution in [0.15, 0.2) is 15.8 Å². The third-order valence-electron chi connectivity index (χ3n) is 3.14. The van der Waals surface area contributed by atoms with E-state index in [-0.39, 0.29) is 5.56 Å². The van der Waals surface area contributed by atoms with Crippen LogP contribution in [0.3, 0.4) is 0 Å². The molecule has 0 bridgehead atoms. The number of aromatic amines is 1. The number of hydrogen-bond donors (Lipinski definition) is 5. The van der Waals surface area contributed by atoms with E-state index in [9.17, 15) is 24.4 Å². The maximum Gasteiger partial charge on any atom is 0.469 e. The van der Waals surface area contributed by atoms with Crippen molar-refractivity contribution in [1.82, 2.24) is 9.55 Å². The van der Waals surface area contributed by atoms with Crippen LogP contribution < -0.4 is 11.2 Å². The summed E-state index contributed by atoms with van der Waals surface area (Å²) in [7, 11) is -4.80. The molecule has 11 nitrogen and oxygen atoms in total. The summed E-state index contributed by atoms with van der Waals surface area (Å²) in [5, 5.41) is 19.8. The molecule has 1 aliphatic rings. The second-order valence-electron chi connectivity index (χ2n) is 4.69. The lowest BCUT2D eigenvalue weighted by molar-refractivity contribution is -0.0543. The smallest absolute Gasteiger partial charge is 0.387 e. The monoisotopic (exact) mass is 348 g/mol. The highest BCUT2D eigenvalue weighted by Crippen LogP contribution is 2.38. The zero-order valence-corrected chi connectivity index (χ0v) is 12.3. The fraction of sp³-hybridized carbons (Fsp3) is 0.455. The summed E-state index contributed by atoms with van der Waals surface area (Å²) in [6.45, 7) is -0.723. The lowest BCUT2D eigenvalue weighted by Gasteiger charge is -2.17. The quantitative estimate of drug-likeness (QED) is 0.286. The average Bonchev–Trinajstić information content (AvgIpc) is 2.73. The Morgan fingerprint density at radius 1 is 1.39 bits per heavy atom. The number of rotatable bonds is 4. The molecule has 1 aromatic rings. The van der Waals surface area contributed by atoms with E-state index in [1.165, 1.54) is 0 Å². The van der Waals surface area contributed by atoms with E-state index in [0.717, 1.165) is 10.8 Å². The molecule has 12 heteroatoms. The minimum Gasteiger partial charge on any atom is -0.387 e. The van der Waals surface area contributed by atoms with E-state index < -0.39 is 50.2 Å². The van der Waals surface area contributed by atoms with Gasteiger partial charge in [-0.25, -0.2) is 9.36 Å². The van der Waals surface area contributed by atoms with E-state index in [1.54, 1.807) is 0 Å². The molecule has 0 unspecified atom stereocenters. The van der Waals surface area contributed by atoms with Crippen molar-refractivity contribution in [3.63, 3.8) is 0 Å². The third kappa shape index (κ3) is 3.77. The van der Waals surface area contributed by atoms with Crippen LogP contribution in [0.2, 0.25) is 0 Å². The van der Waals surface area contributed by atoms with Crippen molar-refractivity contribution in [2.45, 2.75) is 24.5 Å². The summed E-state index contributed by atoms with van der Waals surface area (Å²) in [6.07, 6.45) is 0.141. The number of hydrogen-bond acceptors (Lipinski definition) is 7. The number of nitrogens with zero attached hydrogens (tertiary/aromatic N) is 1. The number of phosphoric acid groups is 1. The summed E-state index contributed by atoms with van der Waals surface area (Å²) in [5.41, 5.74) is -1.95. The molecule has 126 valence electrons. The highest BCUT2D eigenvalue weighted by atomic mass is 31.2. The molecule has 0 aliphatic carbocycles. The minimum absolute atomic E-state index is 0.204. The second kappa shape index (κ2) is 6.38. The van der Waals surface area contributed by atoms with Crippen molar-refractivity contribution in [1.29, 1.82) is 0 Å². The van der Waals surface area contributed by atoms with Gasteiger partial charge in [-0.15, -0.1) is 6.42 Å². The molecule has 0 amide bonds. The first-order chi connectivity index (χ1) is 10.6. The maximum absolute atomic E-state index is 11.8. The molecule has 2 rings (SSSR count). The van der Waals surface area contributed by atoms with Crippen molar-refractivity contribution in [2.24, 2.45) is 0 Å². The van der Waals surface area contributed by atoms with E-state index in [1.807, 2.05) is 10.9 Å². The first kappa shape index (κ1) is 17.6. The zero-order valence-electron chi connectivity index (χ0n) is 11.4. The second-order valence-corrected chi connectivity index (χ2v) is 5.93. The number of nitrogens with one attached hydrogen (secondary N) is 1. The van der Waals surface area contributed by atoms with E-state index >= 15 is 0 Å². The number of aromatic nitrogens is 2. The van der Waals surface area contributed by atoms with Crippen LogP contribution in [0.4, 0.5) is 0 Å². The average molecular weight is 348 g/mol. The van der Waals surface area contributed by atoms with Crippen LogP contribution in [0.25, 0.3) is 0 Å². The molecular formula is C11H13N2O9P. The molecule has 1 aromatic heterocycles. The van der Waals surface area contributed by atoms with Crippen LogP contribution in [-0.2, 0) is 13.8 Å². The maximum atomic E-state index is 11.8. The van der Waals surface area contributed by atoms with Gasteiger partial charge in [-0.3, -0.25) is 18.9 Å². The van der Waals surface area contributed by atoms with Gasteiger partial charge < -0.3 is 24.7 Å². The molecule has 2 heterocycles. The highest BCUT2D eigenvalue weighted by Gasteiger charge is 2.45. The Hall–Kier alpha value is -1.77. The molecule has 1 saturated heterocycles. The Kier molecular flexibility index (Phi) is 4.88. The van der Waals surface area contributed by atoms with Crippen molar-refractivity contribution in [3.8, 4) is 12.3 Å². The molecular weight excluding hydrogens is 335 g/mol. The van der Waals surface area contributed by atoms with Gasteiger partial charge in [-0.2, -0.15) is 0 Å². The molecule has 1 fully saturated rings. The number of phosphoric ester groups is 1. The van der Waals surface area contributed by atoms with Gasteiger partial charge in [0.15, 0.2) is 6.23 Å². The first-order valence-corrected chi connectivity index (χ1v) is 7.71. The van der Waals surface area contributed by atoms with Crippen molar-refractivity contribution < 1.29 is 33.8 Å². The van der Waals surface area contributed by atoms with Crippen LogP contribution in [-0.4, -0.2) is 54.5 Å². The van der Waals surface area contributed by atoms with Gasteiger partial charge in [-0.05, 0) is 0 Å². The zero-order chi connectivity index (χ0) is 17.4. The van der Waals surface area contributed by atoms with E-state index in [2.05, 4.69) is 4.52 Å². The van der Waals surface area contributed by atoms with Crippen LogP contribution >= 0.6 is 7.82 Å². The van der Waals surface area contributed by atoms with Gasteiger partial charge in [-0.1, -0.05) is 5.92 Å². The van der Waals surface area contributed by atoms with Crippen LogP contribution in [0.1, 0.15) is 11.8 Å². The summed E-state index contributed by atoms with van der Waals surface area (Å²) >= 11 is 0. The standard InChI is InChI=1S/C11H13N2O9P/c1-2-5-3-13(11(17)12-9(5)16)10-8(15)7(14)6(22-10)4-21-23(18,19)20/h1,3,6-8,10,14-15H,4H2,(H,12,16,17)(H2,18,19,20)/t6-,7-,8-,10-/m1/s1. The van der Waals surface area contributed by atoms with Gasteiger partial charge in [0.05, 0.1) is 6.61 Å². The Morgan fingerprint density at radius 2 is 2.04 bits per heavy atom. The first-order valence-electron chi connectivity index (χ1n) is 6.18. The molecule has 0 spiro atoms. The molecule has 4 atom stereocenters. The minimum atomic E-state index is -4.80. The lowest BCUT2D eigenvalue weighted by Crippen LogP contribution is -2.38. The van der Waals surface area contributed by atoms with Gasteiger partial charge in [0.1, 0.15) is 23.9 Å². The SMILES string of the molecule is C#Cc1cn([C@@H]2O[C@H](COP(=O)(O)O)[C@@H](O)[C@H]2O)c(=O)[nH]c1=O. The number of ether oxygens (including phenoxy) is 1. The highest BCUT2D eigenvalue weighted by molar-refractivity contribution is 7.46. The largest absolute Gasteiger partial charge is 0.469 e. The van der Waals surface area contributed by atoms with Gasteiger partial charge in [0.25, 0.3) is 5.56 Å².